The molecule has 6 atom stereocenters. The molecule has 0 spiro atoms. The quantitative estimate of drug-likeness (QED) is 0.122. The van der Waals surface area contributed by atoms with Gasteiger partial charge in [-0.2, -0.15) is 5.26 Å². The molecule has 4 rings (SSSR count). The Kier molecular flexibility index (Phi) is 18.3. The van der Waals surface area contributed by atoms with Gasteiger partial charge in [-0.15, -0.1) is 0 Å². The summed E-state index contributed by atoms with van der Waals surface area (Å²) in [6.45, 7) is 9.78. The molecule has 16 heteroatoms. The number of nitriles is 1. The number of amides is 3. The predicted octanol–water partition coefficient (Wildman–Crippen LogP) is 3.59. The van der Waals surface area contributed by atoms with Crippen LogP contribution in [0.4, 0.5) is 0 Å². The molecule has 2 aromatic rings. The van der Waals surface area contributed by atoms with Gasteiger partial charge in [0.1, 0.15) is 18.8 Å². The summed E-state index contributed by atoms with van der Waals surface area (Å²) in [5.74, 6) is -1.77. The lowest BCUT2D eigenvalue weighted by Crippen LogP contribution is -2.64. The number of benzene rings is 2. The van der Waals surface area contributed by atoms with Crippen LogP contribution < -0.4 is 16.0 Å². The topological polar surface area (TPSA) is 202 Å². The van der Waals surface area contributed by atoms with Crippen LogP contribution >= 0.6 is 0 Å². The van der Waals surface area contributed by atoms with Crippen LogP contribution in [-0.4, -0.2) is 131 Å². The molecular formula is C45H65N5O10S. The van der Waals surface area contributed by atoms with E-state index in [2.05, 4.69) is 20.9 Å². The molecule has 1 saturated heterocycles. The van der Waals surface area contributed by atoms with Crippen molar-refractivity contribution in [3.05, 3.63) is 71.3 Å². The van der Waals surface area contributed by atoms with Gasteiger partial charge in [-0.3, -0.25) is 19.3 Å². The van der Waals surface area contributed by atoms with E-state index in [4.69, 9.17) is 18.9 Å². The molecule has 3 amide bonds. The van der Waals surface area contributed by atoms with Gasteiger partial charge in [0.25, 0.3) is 5.91 Å². The van der Waals surface area contributed by atoms with Gasteiger partial charge in [0.05, 0.1) is 54.9 Å². The van der Waals surface area contributed by atoms with Gasteiger partial charge in [-0.05, 0) is 89.5 Å². The van der Waals surface area contributed by atoms with Crippen LogP contribution in [0.5, 0.6) is 0 Å². The zero-order chi connectivity index (χ0) is 44.8. The average Bonchev–Trinajstić information content (AvgIpc) is 3.20. The molecule has 1 heterocycles. The molecule has 1 aliphatic heterocycles. The van der Waals surface area contributed by atoms with Crippen molar-refractivity contribution in [3.63, 3.8) is 0 Å². The second-order valence-electron chi connectivity index (χ2n) is 17.7. The lowest BCUT2D eigenvalue weighted by molar-refractivity contribution is -0.160. The Morgan fingerprint density at radius 2 is 1.57 bits per heavy atom. The number of carbonyl (C=O) groups excluding carboxylic acids is 4. The van der Waals surface area contributed by atoms with Gasteiger partial charge in [-0.25, -0.2) is 13.2 Å². The van der Waals surface area contributed by atoms with Gasteiger partial charge in [0, 0.05) is 37.6 Å². The zero-order valence-corrected chi connectivity index (χ0v) is 37.6. The summed E-state index contributed by atoms with van der Waals surface area (Å²) in [6, 6.07) is 13.9. The molecule has 15 nitrogen and oxygen atoms in total. The van der Waals surface area contributed by atoms with Crippen molar-refractivity contribution in [2.24, 2.45) is 11.8 Å². The van der Waals surface area contributed by atoms with E-state index < -0.39 is 68.7 Å². The number of fused-ring (bicyclic) bond motifs is 1. The number of piperidine rings is 1. The third-order valence-electron chi connectivity index (χ3n) is 11.5. The first-order valence-electron chi connectivity index (χ1n) is 21.1. The molecule has 1 aliphatic carbocycles. The third-order valence-corrected chi connectivity index (χ3v) is 13.7. The van der Waals surface area contributed by atoms with Crippen molar-refractivity contribution in [3.8, 4) is 6.07 Å². The average molecular weight is 868 g/mol. The van der Waals surface area contributed by atoms with Crippen LogP contribution in [0, 0.1) is 23.2 Å². The SMILES string of the molecule is COCCOCCOCC(=O)O[C@H](CN1C[C@H]2CCCC[C@H]2C[C@H]1C(=O)NC(C)(C)C)[C@H](Cc1ccccc1)NC(=O)[C@@H](NC(=O)c1cccc(C#N)c1)C(C)(C)S(C)(=O)=O. The monoisotopic (exact) mass is 867 g/mol. The number of esters is 1. The van der Waals surface area contributed by atoms with E-state index in [-0.39, 0.29) is 43.2 Å². The Labute approximate surface area is 361 Å². The summed E-state index contributed by atoms with van der Waals surface area (Å²) in [6.07, 6.45) is 4.89. The third kappa shape index (κ3) is 14.9. The lowest BCUT2D eigenvalue weighted by Gasteiger charge is -2.47. The molecular weight excluding hydrogens is 803 g/mol. The van der Waals surface area contributed by atoms with Gasteiger partial charge in [-0.1, -0.05) is 55.7 Å². The highest BCUT2D eigenvalue weighted by molar-refractivity contribution is 7.92. The predicted molar refractivity (Wildman–Crippen MR) is 230 cm³/mol. The number of rotatable bonds is 21. The van der Waals surface area contributed by atoms with E-state index in [1.165, 1.54) is 38.1 Å². The minimum Gasteiger partial charge on any atom is -0.457 e. The first-order chi connectivity index (χ1) is 28.8. The molecule has 3 N–H and O–H groups in total. The Balaban J connectivity index is 1.74. The maximum absolute atomic E-state index is 14.7. The lowest BCUT2D eigenvalue weighted by atomic mass is 9.72. The number of sulfone groups is 1. The first kappa shape index (κ1) is 49.3. The van der Waals surface area contributed by atoms with Crippen LogP contribution in [0.15, 0.2) is 54.6 Å². The van der Waals surface area contributed by atoms with Crippen LogP contribution in [0.3, 0.4) is 0 Å². The molecule has 2 aromatic carbocycles. The van der Waals surface area contributed by atoms with Gasteiger partial charge < -0.3 is 34.9 Å². The molecule has 1 saturated carbocycles. The van der Waals surface area contributed by atoms with Crippen LogP contribution in [0.25, 0.3) is 0 Å². The van der Waals surface area contributed by atoms with E-state index in [0.717, 1.165) is 37.5 Å². The molecule has 336 valence electrons. The van der Waals surface area contributed by atoms with E-state index in [0.29, 0.717) is 38.0 Å². The highest BCUT2D eigenvalue weighted by atomic mass is 32.2. The number of hydrogen-bond acceptors (Lipinski definition) is 12. The summed E-state index contributed by atoms with van der Waals surface area (Å²) in [5.41, 5.74) is 0.540. The molecule has 2 aliphatic rings. The largest absolute Gasteiger partial charge is 0.457 e. The Bertz CT molecular complexity index is 1930. The molecule has 0 bridgehead atoms. The number of nitrogens with zero attached hydrogens (tertiary/aromatic N) is 2. The maximum atomic E-state index is 14.7. The Morgan fingerprint density at radius 1 is 0.902 bits per heavy atom. The highest BCUT2D eigenvalue weighted by Crippen LogP contribution is 2.39. The van der Waals surface area contributed by atoms with E-state index in [9.17, 15) is 32.9 Å². The molecule has 0 unspecified atom stereocenters. The van der Waals surface area contributed by atoms with Crippen molar-refractivity contribution >= 4 is 33.5 Å². The fraction of sp³-hybridized carbons (Fsp3) is 0.622. The smallest absolute Gasteiger partial charge is 0.332 e. The minimum atomic E-state index is -4.01. The number of methoxy groups -OCH3 is 1. The fourth-order valence-electron chi connectivity index (χ4n) is 7.95. The minimum absolute atomic E-state index is 0.0581. The van der Waals surface area contributed by atoms with Crippen LogP contribution in [0.2, 0.25) is 0 Å². The fourth-order valence-corrected chi connectivity index (χ4v) is 8.54. The van der Waals surface area contributed by atoms with E-state index >= 15 is 0 Å². The van der Waals surface area contributed by atoms with Gasteiger partial charge in [0.2, 0.25) is 11.8 Å². The highest BCUT2D eigenvalue weighted by Gasteiger charge is 2.47. The molecule has 0 radical (unpaired) electrons. The molecule has 2 fully saturated rings. The maximum Gasteiger partial charge on any atom is 0.332 e. The standard InChI is InChI=1S/C45H65N5O10S/c1-44(2,3)49-42(53)37-26-33-17-11-12-18-35(33)28-50(37)29-38(60-39(51)30-59-23-22-58-21-20-57-6)36(25-31-14-9-8-10-15-31)47-43(54)40(45(4,5)61(7,55)56)48-41(52)34-19-13-16-32(24-34)27-46/h8-10,13-16,19,24,33,35-38,40H,11-12,17-18,20-23,25-26,28-30H2,1-7H3,(H,47,54)(H,48,52)(H,49,53)/t33-,35+,36-,37-,38+,40+/m0/s1. The van der Waals surface area contributed by atoms with Crippen molar-refractivity contribution in [1.29, 1.82) is 5.26 Å². The van der Waals surface area contributed by atoms with E-state index in [1.54, 1.807) is 7.11 Å². The van der Waals surface area contributed by atoms with Crippen LogP contribution in [-0.2, 0) is 49.6 Å². The normalized spacial score (nSPS) is 19.9. The second kappa shape index (κ2) is 22.6. The van der Waals surface area contributed by atoms with Crippen molar-refractivity contribution in [2.75, 3.05) is 59.5 Å². The van der Waals surface area contributed by atoms with Crippen molar-refractivity contribution in [2.45, 2.75) is 108 Å². The van der Waals surface area contributed by atoms with Gasteiger partial charge >= 0.3 is 5.97 Å². The number of likely N-dealkylation sites (tertiary alicyclic amines) is 1. The Hall–Kier alpha value is -4.40. The first-order valence-corrected chi connectivity index (χ1v) is 23.0. The number of carbonyl (C=O) groups is 4. The van der Waals surface area contributed by atoms with E-state index in [1.807, 2.05) is 57.2 Å². The summed E-state index contributed by atoms with van der Waals surface area (Å²) >= 11 is 0. The van der Waals surface area contributed by atoms with Crippen molar-refractivity contribution in [1.82, 2.24) is 20.9 Å². The number of hydrogen-bond donors (Lipinski definition) is 3. The Morgan fingerprint density at radius 3 is 2.23 bits per heavy atom. The van der Waals surface area contributed by atoms with Crippen molar-refractivity contribution < 1.29 is 46.5 Å². The van der Waals surface area contributed by atoms with Gasteiger partial charge in [0.15, 0.2) is 9.84 Å². The zero-order valence-electron chi connectivity index (χ0n) is 36.7. The molecule has 0 aromatic heterocycles. The summed E-state index contributed by atoms with van der Waals surface area (Å²) in [5, 5.41) is 18.2. The summed E-state index contributed by atoms with van der Waals surface area (Å²) in [7, 11) is -2.44. The summed E-state index contributed by atoms with van der Waals surface area (Å²) in [4.78, 5) is 58.3. The number of nitrogens with one attached hydrogen (secondary N) is 3. The number of ether oxygens (including phenoxy) is 4. The van der Waals surface area contributed by atoms with Crippen LogP contribution in [0.1, 0.15) is 88.2 Å². The second-order valence-corrected chi connectivity index (χ2v) is 20.3. The molecule has 61 heavy (non-hydrogen) atoms. The summed E-state index contributed by atoms with van der Waals surface area (Å²) < 4.78 is 47.2.